The topological polar surface area (TPSA) is 75.7 Å². The Hall–Kier alpha value is -1.12. The molecule has 106 valence electrons. The molecule has 0 aliphatic rings. The quantitative estimate of drug-likeness (QED) is 0.853. The zero-order valence-corrected chi connectivity index (χ0v) is 13.2. The van der Waals surface area contributed by atoms with Crippen molar-refractivity contribution < 1.29 is 17.9 Å². The number of benzene rings is 1. The molecule has 1 aromatic carbocycles. The highest BCUT2D eigenvalue weighted by molar-refractivity contribution is 9.10. The number of carbonyl (C=O) groups is 1. The molecular formula is C11H15BrN2O4S. The molecule has 1 amide bonds. The van der Waals surface area contributed by atoms with Crippen molar-refractivity contribution in [2.75, 3.05) is 27.7 Å². The van der Waals surface area contributed by atoms with E-state index in [1.54, 1.807) is 12.1 Å². The summed E-state index contributed by atoms with van der Waals surface area (Å²) in [6.07, 6.45) is 0. The molecule has 1 aromatic rings. The molecule has 19 heavy (non-hydrogen) atoms. The fourth-order valence-electron chi connectivity index (χ4n) is 1.39. The summed E-state index contributed by atoms with van der Waals surface area (Å²) >= 11 is 3.21. The van der Waals surface area contributed by atoms with Gasteiger partial charge in [-0.05, 0) is 18.2 Å². The molecule has 0 saturated heterocycles. The smallest absolute Gasteiger partial charge is 0.247 e. The first-order valence-electron chi connectivity index (χ1n) is 5.33. The van der Waals surface area contributed by atoms with Gasteiger partial charge in [0, 0.05) is 18.6 Å². The fourth-order valence-corrected chi connectivity index (χ4v) is 3.20. The normalized spacial score (nSPS) is 11.4. The number of nitrogens with zero attached hydrogens (tertiary/aromatic N) is 1. The summed E-state index contributed by atoms with van der Waals surface area (Å²) in [6.45, 7) is -0.255. The largest absolute Gasteiger partial charge is 0.495 e. The minimum Gasteiger partial charge on any atom is -0.495 e. The van der Waals surface area contributed by atoms with Gasteiger partial charge in [0.05, 0.1) is 13.7 Å². The van der Waals surface area contributed by atoms with Gasteiger partial charge in [0.25, 0.3) is 0 Å². The second-order valence-corrected chi connectivity index (χ2v) is 6.66. The van der Waals surface area contributed by atoms with Gasteiger partial charge in [0.1, 0.15) is 10.6 Å². The molecule has 1 N–H and O–H groups in total. The van der Waals surface area contributed by atoms with Gasteiger partial charge in [0.2, 0.25) is 15.9 Å². The van der Waals surface area contributed by atoms with E-state index in [9.17, 15) is 13.2 Å². The minimum atomic E-state index is -3.79. The number of sulfonamides is 1. The van der Waals surface area contributed by atoms with E-state index in [0.717, 1.165) is 4.31 Å². The molecule has 0 bridgehead atoms. The van der Waals surface area contributed by atoms with Gasteiger partial charge in [-0.1, -0.05) is 15.9 Å². The molecule has 0 atom stereocenters. The molecule has 0 aliphatic heterocycles. The first-order valence-corrected chi connectivity index (χ1v) is 7.56. The number of amides is 1. The highest BCUT2D eigenvalue weighted by Crippen LogP contribution is 2.29. The van der Waals surface area contributed by atoms with Crippen molar-refractivity contribution in [3.63, 3.8) is 0 Å². The highest BCUT2D eigenvalue weighted by Gasteiger charge is 2.26. The number of hydrogen-bond acceptors (Lipinski definition) is 4. The van der Waals surface area contributed by atoms with Crippen molar-refractivity contribution in [2.45, 2.75) is 4.90 Å². The fraction of sp³-hybridized carbons (Fsp3) is 0.364. The predicted octanol–water partition coefficient (Wildman–Crippen LogP) is 0.824. The molecular weight excluding hydrogens is 336 g/mol. The minimum absolute atomic E-state index is 0.00998. The van der Waals surface area contributed by atoms with Crippen LogP contribution in [-0.2, 0) is 14.8 Å². The van der Waals surface area contributed by atoms with Gasteiger partial charge in [-0.25, -0.2) is 8.42 Å². The van der Waals surface area contributed by atoms with Gasteiger partial charge in [0.15, 0.2) is 0 Å². The molecule has 0 unspecified atom stereocenters. The number of rotatable bonds is 5. The monoisotopic (exact) mass is 350 g/mol. The molecule has 0 aliphatic carbocycles. The second-order valence-electron chi connectivity index (χ2n) is 3.73. The van der Waals surface area contributed by atoms with Crippen LogP contribution in [0.3, 0.4) is 0 Å². The standard InChI is InChI=1S/C11H15BrN2O4S/c1-13-11(15)7-14(2)19(16,17)10-6-8(12)4-5-9(10)18-3/h4-6H,7H2,1-3H3,(H,13,15). The van der Waals surface area contributed by atoms with Crippen LogP contribution in [-0.4, -0.2) is 46.4 Å². The van der Waals surface area contributed by atoms with E-state index in [2.05, 4.69) is 21.2 Å². The van der Waals surface area contributed by atoms with Crippen LogP contribution >= 0.6 is 15.9 Å². The third kappa shape index (κ3) is 3.68. The number of likely N-dealkylation sites (N-methyl/N-ethyl adjacent to an activating group) is 2. The molecule has 1 rings (SSSR count). The van der Waals surface area contributed by atoms with E-state index in [-0.39, 0.29) is 23.1 Å². The van der Waals surface area contributed by atoms with Gasteiger partial charge in [-0.15, -0.1) is 0 Å². The lowest BCUT2D eigenvalue weighted by Crippen LogP contribution is -2.37. The average molecular weight is 351 g/mol. The zero-order valence-electron chi connectivity index (χ0n) is 10.8. The Kier molecular flexibility index (Phi) is 5.33. The maximum Gasteiger partial charge on any atom is 0.247 e. The van der Waals surface area contributed by atoms with Crippen molar-refractivity contribution >= 4 is 31.9 Å². The summed E-state index contributed by atoms with van der Waals surface area (Å²) in [5.41, 5.74) is 0. The van der Waals surface area contributed by atoms with Crippen LogP contribution < -0.4 is 10.1 Å². The number of carbonyl (C=O) groups excluding carboxylic acids is 1. The molecule has 0 heterocycles. The molecule has 0 saturated carbocycles. The summed E-state index contributed by atoms with van der Waals surface area (Å²) in [4.78, 5) is 11.3. The number of hydrogen-bond donors (Lipinski definition) is 1. The van der Waals surface area contributed by atoms with Crippen LogP contribution in [0.1, 0.15) is 0 Å². The summed E-state index contributed by atoms with van der Waals surface area (Å²) in [6, 6.07) is 4.66. The lowest BCUT2D eigenvalue weighted by atomic mass is 10.3. The van der Waals surface area contributed by atoms with E-state index >= 15 is 0 Å². The van der Waals surface area contributed by atoms with Crippen molar-refractivity contribution in [3.8, 4) is 5.75 Å². The predicted molar refractivity (Wildman–Crippen MR) is 74.6 cm³/mol. The molecule has 0 aromatic heterocycles. The maximum atomic E-state index is 12.4. The summed E-state index contributed by atoms with van der Waals surface area (Å²) < 4.78 is 31.3. The Bertz CT molecular complexity index is 574. The third-order valence-electron chi connectivity index (χ3n) is 2.46. The molecule has 0 radical (unpaired) electrons. The molecule has 8 heteroatoms. The summed E-state index contributed by atoms with van der Waals surface area (Å²) in [5, 5.41) is 2.37. The van der Waals surface area contributed by atoms with Crippen LogP contribution in [0.5, 0.6) is 5.75 Å². The number of ether oxygens (including phenoxy) is 1. The first kappa shape index (κ1) is 15.9. The van der Waals surface area contributed by atoms with E-state index in [0.29, 0.717) is 4.47 Å². The number of nitrogens with one attached hydrogen (secondary N) is 1. The van der Waals surface area contributed by atoms with E-state index in [1.807, 2.05) is 0 Å². The zero-order chi connectivity index (χ0) is 14.6. The van der Waals surface area contributed by atoms with E-state index < -0.39 is 10.0 Å². The van der Waals surface area contributed by atoms with Crippen molar-refractivity contribution in [1.82, 2.24) is 9.62 Å². The first-order chi connectivity index (χ1) is 8.82. The number of halogens is 1. The molecule has 0 fully saturated rings. The molecule has 0 spiro atoms. The summed E-state index contributed by atoms with van der Waals surface area (Å²) in [7, 11) is 0.383. The van der Waals surface area contributed by atoms with Crippen molar-refractivity contribution in [3.05, 3.63) is 22.7 Å². The van der Waals surface area contributed by atoms with Crippen molar-refractivity contribution in [2.24, 2.45) is 0 Å². The Labute approximate surface area is 120 Å². The van der Waals surface area contributed by atoms with Gasteiger partial charge >= 0.3 is 0 Å². The number of methoxy groups -OCH3 is 1. The van der Waals surface area contributed by atoms with Gasteiger partial charge < -0.3 is 10.1 Å². The Balaban J connectivity index is 3.19. The maximum absolute atomic E-state index is 12.4. The van der Waals surface area contributed by atoms with Crippen LogP contribution in [0, 0.1) is 0 Å². The Morgan fingerprint density at radius 3 is 2.63 bits per heavy atom. The van der Waals surface area contributed by atoms with Gasteiger partial charge in [-0.2, -0.15) is 4.31 Å². The Morgan fingerprint density at radius 1 is 1.47 bits per heavy atom. The van der Waals surface area contributed by atoms with Crippen LogP contribution in [0.2, 0.25) is 0 Å². The summed E-state index contributed by atoms with van der Waals surface area (Å²) in [5.74, 6) is -0.160. The van der Waals surface area contributed by atoms with E-state index in [4.69, 9.17) is 4.74 Å². The molecule has 6 nitrogen and oxygen atoms in total. The highest BCUT2D eigenvalue weighted by atomic mass is 79.9. The average Bonchev–Trinajstić information content (AvgIpc) is 2.38. The SMILES string of the molecule is CNC(=O)CN(C)S(=O)(=O)c1cc(Br)ccc1OC. The Morgan fingerprint density at radius 2 is 2.11 bits per heavy atom. The third-order valence-corrected chi connectivity index (χ3v) is 4.78. The second kappa shape index (κ2) is 6.36. The lowest BCUT2D eigenvalue weighted by Gasteiger charge is -2.18. The van der Waals surface area contributed by atoms with Crippen LogP contribution in [0.15, 0.2) is 27.6 Å². The van der Waals surface area contributed by atoms with Gasteiger partial charge in [-0.3, -0.25) is 4.79 Å². The lowest BCUT2D eigenvalue weighted by molar-refractivity contribution is -0.120. The van der Waals surface area contributed by atoms with Crippen LogP contribution in [0.4, 0.5) is 0 Å². The van der Waals surface area contributed by atoms with Crippen LogP contribution in [0.25, 0.3) is 0 Å². The van der Waals surface area contributed by atoms with E-state index in [1.165, 1.54) is 27.3 Å². The van der Waals surface area contributed by atoms with Crippen molar-refractivity contribution in [1.29, 1.82) is 0 Å².